The van der Waals surface area contributed by atoms with E-state index < -0.39 is 0 Å². The minimum absolute atomic E-state index is 0.0501. The molecule has 0 bridgehead atoms. The number of aryl methyl sites for hydroxylation is 1. The molecule has 1 saturated heterocycles. The molecule has 2 aromatic heterocycles. The summed E-state index contributed by atoms with van der Waals surface area (Å²) in [6, 6.07) is 3.92. The molecule has 1 amide bonds. The third kappa shape index (κ3) is 2.73. The Bertz CT molecular complexity index is 635. The molecule has 2 atom stereocenters. The number of oxazole rings is 1. The van der Waals surface area contributed by atoms with Gasteiger partial charge >= 0.3 is 0 Å². The number of aromatic nitrogens is 1. The zero-order valence-corrected chi connectivity index (χ0v) is 13.1. The molecule has 6 heteroatoms. The molecule has 2 aromatic rings. The van der Waals surface area contributed by atoms with Gasteiger partial charge in [-0.05, 0) is 32.2 Å². The van der Waals surface area contributed by atoms with Gasteiger partial charge in [0.25, 0.3) is 5.91 Å². The highest BCUT2D eigenvalue weighted by Crippen LogP contribution is 2.27. The van der Waals surface area contributed by atoms with E-state index >= 15 is 0 Å². The van der Waals surface area contributed by atoms with Crippen molar-refractivity contribution in [1.29, 1.82) is 0 Å². The number of morpholine rings is 1. The molecule has 0 saturated carbocycles. The first kappa shape index (κ1) is 14.3. The van der Waals surface area contributed by atoms with E-state index in [0.29, 0.717) is 30.5 Å². The van der Waals surface area contributed by atoms with Gasteiger partial charge in [0, 0.05) is 6.54 Å². The van der Waals surface area contributed by atoms with Crippen LogP contribution in [0.2, 0.25) is 0 Å². The van der Waals surface area contributed by atoms with Crippen molar-refractivity contribution in [3.63, 3.8) is 0 Å². The Balaban J connectivity index is 1.88. The van der Waals surface area contributed by atoms with E-state index in [9.17, 15) is 4.79 Å². The molecule has 21 heavy (non-hydrogen) atoms. The predicted molar refractivity (Wildman–Crippen MR) is 80.5 cm³/mol. The van der Waals surface area contributed by atoms with Crippen LogP contribution in [0.3, 0.4) is 0 Å². The quantitative estimate of drug-likeness (QED) is 0.856. The zero-order valence-electron chi connectivity index (χ0n) is 12.3. The number of ether oxygens (including phenoxy) is 1. The van der Waals surface area contributed by atoms with Crippen LogP contribution in [0.5, 0.6) is 0 Å². The molecule has 2 unspecified atom stereocenters. The van der Waals surface area contributed by atoms with Crippen molar-refractivity contribution in [3.8, 4) is 10.8 Å². The summed E-state index contributed by atoms with van der Waals surface area (Å²) < 4.78 is 11.2. The fourth-order valence-electron chi connectivity index (χ4n) is 2.42. The van der Waals surface area contributed by atoms with Gasteiger partial charge in [0.15, 0.2) is 5.69 Å². The second-order valence-electron chi connectivity index (χ2n) is 5.35. The smallest absolute Gasteiger partial charge is 0.276 e. The average molecular weight is 306 g/mol. The lowest BCUT2D eigenvalue weighted by Gasteiger charge is -2.36. The molecule has 0 radical (unpaired) electrons. The fourth-order valence-corrected chi connectivity index (χ4v) is 3.07. The van der Waals surface area contributed by atoms with Gasteiger partial charge in [0.1, 0.15) is 5.76 Å². The van der Waals surface area contributed by atoms with Crippen LogP contribution in [0.25, 0.3) is 10.8 Å². The summed E-state index contributed by atoms with van der Waals surface area (Å²) in [5, 5.41) is 1.96. The average Bonchev–Trinajstić information content (AvgIpc) is 3.09. The Kier molecular flexibility index (Phi) is 3.82. The third-order valence-corrected chi connectivity index (χ3v) is 4.46. The number of hydrogen-bond donors (Lipinski definition) is 0. The number of rotatable bonds is 2. The van der Waals surface area contributed by atoms with Gasteiger partial charge in [-0.15, -0.1) is 11.3 Å². The monoisotopic (exact) mass is 306 g/mol. The predicted octanol–water partition coefficient (Wildman–Crippen LogP) is 2.96. The van der Waals surface area contributed by atoms with E-state index in [4.69, 9.17) is 9.15 Å². The summed E-state index contributed by atoms with van der Waals surface area (Å²) in [5.74, 6) is 0.997. The van der Waals surface area contributed by atoms with Crippen molar-refractivity contribution in [2.45, 2.75) is 32.9 Å². The molecule has 0 aliphatic carbocycles. The Morgan fingerprint density at radius 1 is 1.48 bits per heavy atom. The van der Waals surface area contributed by atoms with Crippen LogP contribution in [0.1, 0.15) is 30.1 Å². The van der Waals surface area contributed by atoms with Crippen LogP contribution in [0, 0.1) is 6.92 Å². The summed E-state index contributed by atoms with van der Waals surface area (Å²) in [4.78, 5) is 19.9. The molecular weight excluding hydrogens is 288 g/mol. The van der Waals surface area contributed by atoms with Crippen molar-refractivity contribution >= 4 is 17.2 Å². The van der Waals surface area contributed by atoms with Gasteiger partial charge < -0.3 is 14.1 Å². The Hall–Kier alpha value is -1.66. The Morgan fingerprint density at radius 3 is 3.00 bits per heavy atom. The second kappa shape index (κ2) is 5.61. The topological polar surface area (TPSA) is 55.6 Å². The van der Waals surface area contributed by atoms with E-state index in [1.807, 2.05) is 36.3 Å². The maximum absolute atomic E-state index is 12.7. The Labute approximate surface area is 127 Å². The molecule has 112 valence electrons. The molecule has 0 aromatic carbocycles. The van der Waals surface area contributed by atoms with Crippen LogP contribution in [-0.2, 0) is 4.74 Å². The molecule has 3 heterocycles. The lowest BCUT2D eigenvalue weighted by atomic mass is 10.2. The lowest BCUT2D eigenvalue weighted by molar-refractivity contribution is -0.0389. The first-order chi connectivity index (χ1) is 10.1. The maximum atomic E-state index is 12.7. The van der Waals surface area contributed by atoms with Gasteiger partial charge in [0.2, 0.25) is 5.89 Å². The second-order valence-corrected chi connectivity index (χ2v) is 6.30. The van der Waals surface area contributed by atoms with E-state index in [1.165, 1.54) is 0 Å². The first-order valence-electron chi connectivity index (χ1n) is 7.00. The third-order valence-electron chi connectivity index (χ3n) is 3.60. The van der Waals surface area contributed by atoms with E-state index in [1.54, 1.807) is 18.3 Å². The number of thiophene rings is 1. The standard InChI is InChI=1S/C15H18N2O3S/c1-9-8-19-10(2)7-17(9)15(18)13-11(3)20-14(16-13)12-5-4-6-21-12/h4-6,9-10H,7-8H2,1-3H3. The highest BCUT2D eigenvalue weighted by Gasteiger charge is 2.31. The van der Waals surface area contributed by atoms with Crippen molar-refractivity contribution in [1.82, 2.24) is 9.88 Å². The summed E-state index contributed by atoms with van der Waals surface area (Å²) >= 11 is 1.55. The largest absolute Gasteiger partial charge is 0.440 e. The van der Waals surface area contributed by atoms with Crippen molar-refractivity contribution in [2.75, 3.05) is 13.2 Å². The van der Waals surface area contributed by atoms with Crippen molar-refractivity contribution < 1.29 is 13.9 Å². The minimum atomic E-state index is -0.0818. The van der Waals surface area contributed by atoms with E-state index in [0.717, 1.165) is 4.88 Å². The van der Waals surface area contributed by atoms with Gasteiger partial charge in [-0.2, -0.15) is 0 Å². The van der Waals surface area contributed by atoms with Crippen LogP contribution in [-0.4, -0.2) is 41.1 Å². The summed E-state index contributed by atoms with van der Waals surface area (Å²) in [6.45, 7) is 6.88. The first-order valence-corrected chi connectivity index (χ1v) is 7.88. The van der Waals surface area contributed by atoms with Gasteiger partial charge in [0.05, 0.1) is 23.6 Å². The number of nitrogens with zero attached hydrogens (tertiary/aromatic N) is 2. The number of carbonyl (C=O) groups is 1. The number of carbonyl (C=O) groups excluding carboxylic acids is 1. The fraction of sp³-hybridized carbons (Fsp3) is 0.467. The number of hydrogen-bond acceptors (Lipinski definition) is 5. The van der Waals surface area contributed by atoms with Crippen molar-refractivity contribution in [3.05, 3.63) is 29.0 Å². The molecule has 0 N–H and O–H groups in total. The Morgan fingerprint density at radius 2 is 2.29 bits per heavy atom. The lowest BCUT2D eigenvalue weighted by Crippen LogP contribution is -2.50. The van der Waals surface area contributed by atoms with Crippen LogP contribution in [0.15, 0.2) is 21.9 Å². The van der Waals surface area contributed by atoms with Crippen LogP contribution in [0.4, 0.5) is 0 Å². The highest BCUT2D eigenvalue weighted by molar-refractivity contribution is 7.13. The van der Waals surface area contributed by atoms with Gasteiger partial charge in [-0.1, -0.05) is 6.07 Å². The SMILES string of the molecule is Cc1oc(-c2cccs2)nc1C(=O)N1CC(C)OCC1C. The zero-order chi connectivity index (χ0) is 15.0. The molecule has 3 rings (SSSR count). The highest BCUT2D eigenvalue weighted by atomic mass is 32.1. The molecule has 0 spiro atoms. The molecule has 1 fully saturated rings. The summed E-state index contributed by atoms with van der Waals surface area (Å²) in [7, 11) is 0. The summed E-state index contributed by atoms with van der Waals surface area (Å²) in [5.41, 5.74) is 0.402. The van der Waals surface area contributed by atoms with E-state index in [2.05, 4.69) is 4.98 Å². The molecule has 1 aliphatic rings. The normalized spacial score (nSPS) is 22.5. The molecule has 1 aliphatic heterocycles. The maximum Gasteiger partial charge on any atom is 0.276 e. The molecular formula is C15H18N2O3S. The number of amides is 1. The van der Waals surface area contributed by atoms with Crippen LogP contribution >= 0.6 is 11.3 Å². The minimum Gasteiger partial charge on any atom is -0.440 e. The van der Waals surface area contributed by atoms with Crippen LogP contribution < -0.4 is 0 Å². The van der Waals surface area contributed by atoms with Crippen molar-refractivity contribution in [2.24, 2.45) is 0 Å². The summed E-state index contributed by atoms with van der Waals surface area (Å²) in [6.07, 6.45) is 0.0501. The molecule has 5 nitrogen and oxygen atoms in total. The van der Waals surface area contributed by atoms with Gasteiger partial charge in [-0.3, -0.25) is 4.79 Å². The van der Waals surface area contributed by atoms with E-state index in [-0.39, 0.29) is 18.1 Å². The van der Waals surface area contributed by atoms with Gasteiger partial charge in [-0.25, -0.2) is 4.98 Å².